The fourth-order valence-corrected chi connectivity index (χ4v) is 6.19. The van der Waals surface area contributed by atoms with Gasteiger partial charge in [0.25, 0.3) is 0 Å². The Morgan fingerprint density at radius 3 is 2.32 bits per heavy atom. The Bertz CT molecular complexity index is 1930. The predicted octanol–water partition coefficient (Wildman–Crippen LogP) is 8.12. The van der Waals surface area contributed by atoms with E-state index in [0.29, 0.717) is 53.1 Å². The molecule has 0 saturated heterocycles. The van der Waals surface area contributed by atoms with Crippen molar-refractivity contribution in [1.29, 1.82) is 5.26 Å². The summed E-state index contributed by atoms with van der Waals surface area (Å²) in [4.78, 5) is 24.3. The Kier molecular flexibility index (Phi) is 15.8. The first-order valence-electron chi connectivity index (χ1n) is 17.3. The second kappa shape index (κ2) is 20.5. The number of esters is 1. The van der Waals surface area contributed by atoms with Crippen LogP contribution in [0.4, 0.5) is 0 Å². The monoisotopic (exact) mass is 761 g/mol. The maximum atomic E-state index is 12.6. The smallest absolute Gasteiger partial charge is 0.335 e. The van der Waals surface area contributed by atoms with E-state index in [4.69, 9.17) is 47.9 Å². The molecule has 10 nitrogen and oxygen atoms in total. The molecule has 0 aliphatic carbocycles. The Labute approximate surface area is 320 Å². The number of nitrogens with two attached hydrogens (primary N) is 1. The van der Waals surface area contributed by atoms with Crippen molar-refractivity contribution in [2.45, 2.75) is 65.3 Å². The van der Waals surface area contributed by atoms with Crippen LogP contribution in [0, 0.1) is 25.2 Å². The topological polar surface area (TPSA) is 153 Å². The zero-order valence-corrected chi connectivity index (χ0v) is 31.7. The number of hydrogen-bond donors (Lipinski definition) is 3. The number of methoxy groups -OCH3 is 1. The Morgan fingerprint density at radius 2 is 1.62 bits per heavy atom. The summed E-state index contributed by atoms with van der Waals surface area (Å²) in [6.07, 6.45) is 2.78. The molecule has 0 amide bonds. The molecule has 0 aliphatic heterocycles. The third-order valence-corrected chi connectivity index (χ3v) is 9.35. The highest BCUT2D eigenvalue weighted by atomic mass is 35.5. The minimum absolute atomic E-state index is 0.0264. The number of alkyl halides is 1. The third kappa shape index (κ3) is 11.3. The molecule has 4 aromatic rings. The summed E-state index contributed by atoms with van der Waals surface area (Å²) in [6.45, 7) is 5.50. The summed E-state index contributed by atoms with van der Waals surface area (Å²) >= 11 is 12.7. The van der Waals surface area contributed by atoms with Crippen LogP contribution in [0.25, 0.3) is 11.1 Å². The molecular formula is C41H45Cl2N3O7. The van der Waals surface area contributed by atoms with Gasteiger partial charge in [-0.2, -0.15) is 5.26 Å². The molecule has 0 radical (unpaired) electrons. The van der Waals surface area contributed by atoms with Gasteiger partial charge in [0.05, 0.1) is 35.9 Å². The third-order valence-electron chi connectivity index (χ3n) is 8.79. The number of carboxylic acids is 1. The average molecular weight is 763 g/mol. The average Bonchev–Trinajstić information content (AvgIpc) is 3.16. The molecule has 0 spiro atoms. The zero-order chi connectivity index (χ0) is 38.3. The van der Waals surface area contributed by atoms with E-state index in [1.807, 2.05) is 44.2 Å². The van der Waals surface area contributed by atoms with Crippen LogP contribution in [0.1, 0.15) is 69.4 Å². The molecule has 0 aromatic heterocycles. The van der Waals surface area contributed by atoms with E-state index in [-0.39, 0.29) is 30.9 Å². The maximum Gasteiger partial charge on any atom is 0.335 e. The van der Waals surface area contributed by atoms with Gasteiger partial charge in [-0.25, -0.2) is 4.79 Å². The molecular weight excluding hydrogens is 717 g/mol. The summed E-state index contributed by atoms with van der Waals surface area (Å²) in [5.74, 6) is 0.556. The van der Waals surface area contributed by atoms with Crippen molar-refractivity contribution in [2.24, 2.45) is 5.73 Å². The van der Waals surface area contributed by atoms with Gasteiger partial charge >= 0.3 is 11.9 Å². The van der Waals surface area contributed by atoms with Gasteiger partial charge < -0.3 is 35.1 Å². The number of carbonyl (C=O) groups excluding carboxylic acids is 1. The second-order valence-corrected chi connectivity index (χ2v) is 13.2. The highest BCUT2D eigenvalue weighted by molar-refractivity contribution is 6.32. The first kappa shape index (κ1) is 41.0. The van der Waals surface area contributed by atoms with Crippen molar-refractivity contribution >= 4 is 35.1 Å². The molecule has 0 heterocycles. The number of hydrogen-bond acceptors (Lipinski definition) is 9. The van der Waals surface area contributed by atoms with Gasteiger partial charge in [0.1, 0.15) is 36.5 Å². The Morgan fingerprint density at radius 1 is 0.887 bits per heavy atom. The van der Waals surface area contributed by atoms with Gasteiger partial charge in [0.2, 0.25) is 0 Å². The highest BCUT2D eigenvalue weighted by Gasteiger charge is 2.21. The number of aromatic carboxylic acids is 1. The highest BCUT2D eigenvalue weighted by Crippen LogP contribution is 2.36. The number of nitriles is 1. The quantitative estimate of drug-likeness (QED) is 0.0457. The van der Waals surface area contributed by atoms with Crippen LogP contribution in [0.2, 0.25) is 5.02 Å². The molecule has 53 heavy (non-hydrogen) atoms. The molecule has 12 heteroatoms. The summed E-state index contributed by atoms with van der Waals surface area (Å²) in [5, 5.41) is 22.6. The number of ether oxygens (including phenoxy) is 4. The molecule has 280 valence electrons. The van der Waals surface area contributed by atoms with Crippen molar-refractivity contribution in [1.82, 2.24) is 5.32 Å². The van der Waals surface area contributed by atoms with E-state index < -0.39 is 18.0 Å². The van der Waals surface area contributed by atoms with Gasteiger partial charge in [-0.15, -0.1) is 11.6 Å². The lowest BCUT2D eigenvalue weighted by Crippen LogP contribution is -2.37. The number of carboxylic acid groups (broad SMARTS) is 1. The van der Waals surface area contributed by atoms with Crippen molar-refractivity contribution < 1.29 is 33.6 Å². The van der Waals surface area contributed by atoms with Crippen LogP contribution in [-0.2, 0) is 29.3 Å². The number of carbonyl (C=O) groups is 2. The van der Waals surface area contributed by atoms with E-state index in [0.717, 1.165) is 52.8 Å². The van der Waals surface area contributed by atoms with Gasteiger partial charge in [0, 0.05) is 24.1 Å². The van der Waals surface area contributed by atoms with Gasteiger partial charge in [-0.3, -0.25) is 4.79 Å². The normalized spacial score (nSPS) is 11.4. The van der Waals surface area contributed by atoms with Gasteiger partial charge in [-0.1, -0.05) is 48.4 Å². The first-order valence-corrected chi connectivity index (χ1v) is 18.2. The van der Waals surface area contributed by atoms with E-state index in [1.54, 1.807) is 18.2 Å². The van der Waals surface area contributed by atoms with Gasteiger partial charge in [0.15, 0.2) is 0 Å². The SMILES string of the molecule is COC(=O)[C@H](CCCCN)NCc1cc(Cl)c(OCc2cccc(-c3cccc(OCCCCl)c3C)c2C)cc1OCc1cc(C#N)cc(C(=O)O)c1. The van der Waals surface area contributed by atoms with Crippen LogP contribution in [0.3, 0.4) is 0 Å². The first-order chi connectivity index (χ1) is 25.6. The maximum absolute atomic E-state index is 12.6. The summed E-state index contributed by atoms with van der Waals surface area (Å²) < 4.78 is 23.6. The minimum atomic E-state index is -1.16. The Hall–Kier alpha value is -4.79. The standard InChI is InChI=1S/C41H45Cl2N3O7/c1-26-30(9-6-10-33(26)34-11-7-13-37(27(34)2)51-16-8-14-42)25-53-39-21-38(52-24-29-17-28(22-45)18-31(19-29)40(47)48)32(20-35(39)43)23-46-36(41(49)50-3)12-4-5-15-44/h6-7,9-11,13,17-21,36,46H,4-5,8,12,14-16,23-25,44H2,1-3H3,(H,47,48)/t36-/m0/s1. The number of nitrogens with one attached hydrogen (secondary N) is 1. The molecule has 1 atom stereocenters. The lowest BCUT2D eigenvalue weighted by Gasteiger charge is -2.20. The molecule has 4 aromatic carbocycles. The number of rotatable bonds is 20. The minimum Gasteiger partial charge on any atom is -0.493 e. The van der Waals surface area contributed by atoms with E-state index >= 15 is 0 Å². The second-order valence-electron chi connectivity index (χ2n) is 12.5. The lowest BCUT2D eigenvalue weighted by molar-refractivity contribution is -0.143. The van der Waals surface area contributed by atoms with E-state index in [1.165, 1.54) is 19.2 Å². The van der Waals surface area contributed by atoms with Crippen molar-refractivity contribution in [3.63, 3.8) is 0 Å². The van der Waals surface area contributed by atoms with Crippen LogP contribution >= 0.6 is 23.2 Å². The van der Waals surface area contributed by atoms with Crippen LogP contribution in [-0.4, -0.2) is 49.2 Å². The van der Waals surface area contributed by atoms with Crippen molar-refractivity contribution in [3.8, 4) is 34.4 Å². The molecule has 4 N–H and O–H groups in total. The van der Waals surface area contributed by atoms with Crippen molar-refractivity contribution in [2.75, 3.05) is 26.1 Å². The molecule has 0 bridgehead atoms. The summed E-state index contributed by atoms with van der Waals surface area (Å²) in [5.41, 5.74) is 12.1. The molecule has 0 saturated carbocycles. The number of benzene rings is 4. The summed E-state index contributed by atoms with van der Waals surface area (Å²) in [6, 6.07) is 21.2. The van der Waals surface area contributed by atoms with E-state index in [9.17, 15) is 20.0 Å². The number of unbranched alkanes of at least 4 members (excludes halogenated alkanes) is 1. The van der Waals surface area contributed by atoms with Crippen LogP contribution in [0.5, 0.6) is 17.2 Å². The van der Waals surface area contributed by atoms with Gasteiger partial charge in [-0.05, 0) is 103 Å². The van der Waals surface area contributed by atoms with Crippen molar-refractivity contribution in [3.05, 3.63) is 111 Å². The van der Waals surface area contributed by atoms with Crippen LogP contribution < -0.4 is 25.3 Å². The molecule has 0 fully saturated rings. The lowest BCUT2D eigenvalue weighted by atomic mass is 9.93. The Balaban J connectivity index is 1.62. The largest absolute Gasteiger partial charge is 0.493 e. The fraction of sp³-hybridized carbons (Fsp3) is 0.341. The summed E-state index contributed by atoms with van der Waals surface area (Å²) in [7, 11) is 1.34. The molecule has 0 aliphatic rings. The molecule has 4 rings (SSSR count). The number of nitrogens with zero attached hydrogens (tertiary/aromatic N) is 1. The van der Waals surface area contributed by atoms with Crippen LogP contribution in [0.15, 0.2) is 66.7 Å². The number of halogens is 2. The predicted molar refractivity (Wildman–Crippen MR) is 206 cm³/mol. The zero-order valence-electron chi connectivity index (χ0n) is 30.2. The molecule has 0 unspecified atom stereocenters. The fourth-order valence-electron chi connectivity index (χ4n) is 5.84. The van der Waals surface area contributed by atoms with E-state index in [2.05, 4.69) is 17.4 Å².